The number of carboxylic acids is 1. The number of allylic oxidation sites excluding steroid dienone is 2. The van der Waals surface area contributed by atoms with Crippen molar-refractivity contribution in [2.24, 2.45) is 23.7 Å². The molecule has 0 spiro atoms. The van der Waals surface area contributed by atoms with Gasteiger partial charge in [0.25, 0.3) is 0 Å². The SMILES string of the molecule is C=C(Cl)COC(=O)[C@H]1[C@@H](C(=O)O)[C@@H]2C=C[C@@H]1C2. The predicted octanol–water partition coefficient (Wildman–Crippen LogP) is 1.80. The molecular formula is C12H13ClO4. The Hall–Kier alpha value is -1.29. The highest BCUT2D eigenvalue weighted by Crippen LogP contribution is 2.48. The van der Waals surface area contributed by atoms with Crippen molar-refractivity contribution in [3.8, 4) is 0 Å². The summed E-state index contributed by atoms with van der Waals surface area (Å²) in [5.41, 5.74) is 0. The van der Waals surface area contributed by atoms with Crippen molar-refractivity contribution in [2.75, 3.05) is 6.61 Å². The number of carbonyl (C=O) groups excluding carboxylic acids is 1. The smallest absolute Gasteiger partial charge is 0.310 e. The van der Waals surface area contributed by atoms with Crippen molar-refractivity contribution < 1.29 is 19.4 Å². The van der Waals surface area contributed by atoms with Crippen molar-refractivity contribution in [1.29, 1.82) is 0 Å². The van der Waals surface area contributed by atoms with Crippen LogP contribution in [-0.2, 0) is 14.3 Å². The second kappa shape index (κ2) is 4.53. The number of hydrogen-bond acceptors (Lipinski definition) is 3. The summed E-state index contributed by atoms with van der Waals surface area (Å²) in [5, 5.41) is 9.37. The second-order valence-electron chi connectivity index (χ2n) is 4.46. The van der Waals surface area contributed by atoms with Crippen LogP contribution in [0.1, 0.15) is 6.42 Å². The molecule has 2 aliphatic rings. The highest BCUT2D eigenvalue weighted by Gasteiger charge is 2.52. The fourth-order valence-corrected chi connectivity index (χ4v) is 2.78. The van der Waals surface area contributed by atoms with E-state index in [-0.39, 0.29) is 23.5 Å². The molecule has 0 aliphatic heterocycles. The van der Waals surface area contributed by atoms with Gasteiger partial charge >= 0.3 is 11.9 Å². The second-order valence-corrected chi connectivity index (χ2v) is 5.00. The Bertz CT molecular complexity index is 401. The van der Waals surface area contributed by atoms with Gasteiger partial charge < -0.3 is 9.84 Å². The van der Waals surface area contributed by atoms with E-state index in [1.807, 2.05) is 12.2 Å². The monoisotopic (exact) mass is 256 g/mol. The maximum Gasteiger partial charge on any atom is 0.310 e. The topological polar surface area (TPSA) is 63.6 Å². The number of carboxylic acid groups (broad SMARTS) is 1. The van der Waals surface area contributed by atoms with Gasteiger partial charge in [-0.3, -0.25) is 9.59 Å². The number of carbonyl (C=O) groups is 2. The number of fused-ring (bicyclic) bond motifs is 2. The number of hydrogen-bond donors (Lipinski definition) is 1. The first kappa shape index (κ1) is 12.2. The lowest BCUT2D eigenvalue weighted by Crippen LogP contribution is -2.34. The normalized spacial score (nSPS) is 33.7. The molecule has 0 aromatic carbocycles. The standard InChI is InChI=1S/C12H13ClO4/c1-6(13)5-17-12(16)10-8-3-2-7(4-8)9(10)11(14)15/h2-3,7-10H,1,4-5H2,(H,14,15)/t7-,8-,9+,10-/m1/s1. The van der Waals surface area contributed by atoms with Crippen LogP contribution in [0.25, 0.3) is 0 Å². The molecule has 1 fully saturated rings. The Morgan fingerprint density at radius 2 is 1.94 bits per heavy atom. The van der Waals surface area contributed by atoms with E-state index in [9.17, 15) is 9.59 Å². The van der Waals surface area contributed by atoms with Gasteiger partial charge in [-0.2, -0.15) is 0 Å². The van der Waals surface area contributed by atoms with Gasteiger partial charge in [-0.05, 0) is 18.3 Å². The summed E-state index contributed by atoms with van der Waals surface area (Å²) < 4.78 is 4.95. The molecule has 0 unspecified atom stereocenters. The van der Waals surface area contributed by atoms with E-state index < -0.39 is 23.8 Å². The lowest BCUT2D eigenvalue weighted by molar-refractivity contribution is -0.157. The van der Waals surface area contributed by atoms with Crippen molar-refractivity contribution in [2.45, 2.75) is 6.42 Å². The van der Waals surface area contributed by atoms with Crippen LogP contribution in [0.5, 0.6) is 0 Å². The fraction of sp³-hybridized carbons (Fsp3) is 0.500. The predicted molar refractivity (Wildman–Crippen MR) is 61.3 cm³/mol. The summed E-state index contributed by atoms with van der Waals surface area (Å²) in [6, 6.07) is 0. The van der Waals surface area contributed by atoms with Gasteiger partial charge in [0, 0.05) is 5.03 Å². The molecular weight excluding hydrogens is 244 g/mol. The number of esters is 1. The Morgan fingerprint density at radius 1 is 1.35 bits per heavy atom. The summed E-state index contributed by atoms with van der Waals surface area (Å²) in [6.45, 7) is 3.35. The van der Waals surface area contributed by atoms with E-state index in [4.69, 9.17) is 21.4 Å². The average molecular weight is 257 g/mol. The van der Waals surface area contributed by atoms with Gasteiger partial charge in [0.1, 0.15) is 6.61 Å². The fourth-order valence-electron chi connectivity index (χ4n) is 2.73. The Morgan fingerprint density at radius 3 is 2.47 bits per heavy atom. The maximum absolute atomic E-state index is 11.8. The van der Waals surface area contributed by atoms with Crippen LogP contribution in [0.3, 0.4) is 0 Å². The van der Waals surface area contributed by atoms with Crippen LogP contribution < -0.4 is 0 Å². The summed E-state index contributed by atoms with van der Waals surface area (Å²) >= 11 is 5.50. The zero-order valence-corrected chi connectivity index (χ0v) is 9.89. The van der Waals surface area contributed by atoms with Gasteiger partial charge in [-0.25, -0.2) is 0 Å². The first-order valence-corrected chi connectivity index (χ1v) is 5.79. The van der Waals surface area contributed by atoms with E-state index >= 15 is 0 Å². The van der Waals surface area contributed by atoms with Gasteiger partial charge in [0.15, 0.2) is 0 Å². The number of halogens is 1. The molecule has 1 saturated carbocycles. The Kier molecular flexibility index (Phi) is 3.24. The zero-order valence-electron chi connectivity index (χ0n) is 9.14. The highest BCUT2D eigenvalue weighted by atomic mass is 35.5. The van der Waals surface area contributed by atoms with E-state index in [1.165, 1.54) is 0 Å². The van der Waals surface area contributed by atoms with Crippen LogP contribution in [-0.4, -0.2) is 23.7 Å². The molecule has 0 heterocycles. The van der Waals surface area contributed by atoms with Crippen LogP contribution in [0.2, 0.25) is 0 Å². The molecule has 5 heteroatoms. The number of aliphatic carboxylic acids is 1. The minimum atomic E-state index is -0.937. The van der Waals surface area contributed by atoms with Crippen molar-refractivity contribution in [3.05, 3.63) is 23.8 Å². The van der Waals surface area contributed by atoms with Gasteiger partial charge in [-0.1, -0.05) is 30.3 Å². The van der Waals surface area contributed by atoms with Crippen molar-refractivity contribution in [1.82, 2.24) is 0 Å². The third kappa shape index (κ3) is 2.22. The molecule has 4 nitrogen and oxygen atoms in total. The molecule has 0 saturated heterocycles. The average Bonchev–Trinajstić information content (AvgIpc) is 2.84. The van der Waals surface area contributed by atoms with E-state index in [2.05, 4.69) is 6.58 Å². The Balaban J connectivity index is 2.08. The summed E-state index contributed by atoms with van der Waals surface area (Å²) in [7, 11) is 0. The number of rotatable bonds is 4. The summed E-state index contributed by atoms with van der Waals surface area (Å²) in [6.07, 6.45) is 4.51. The molecule has 0 aromatic rings. The molecule has 0 aromatic heterocycles. The summed E-state index contributed by atoms with van der Waals surface area (Å²) in [5.74, 6) is -2.74. The van der Waals surface area contributed by atoms with Crippen molar-refractivity contribution in [3.63, 3.8) is 0 Å². The van der Waals surface area contributed by atoms with Crippen LogP contribution in [0, 0.1) is 23.7 Å². The van der Waals surface area contributed by atoms with Gasteiger partial charge in [-0.15, -0.1) is 0 Å². The highest BCUT2D eigenvalue weighted by molar-refractivity contribution is 6.29. The third-order valence-corrected chi connectivity index (χ3v) is 3.50. The molecule has 92 valence electrons. The lowest BCUT2D eigenvalue weighted by atomic mass is 9.83. The Labute approximate surface area is 104 Å². The molecule has 2 rings (SSSR count). The third-order valence-electron chi connectivity index (χ3n) is 3.39. The van der Waals surface area contributed by atoms with Gasteiger partial charge in [0.05, 0.1) is 11.8 Å². The molecule has 2 bridgehead atoms. The van der Waals surface area contributed by atoms with Crippen LogP contribution in [0.15, 0.2) is 23.8 Å². The first-order chi connectivity index (χ1) is 8.00. The van der Waals surface area contributed by atoms with E-state index in [0.717, 1.165) is 6.42 Å². The van der Waals surface area contributed by atoms with Crippen molar-refractivity contribution >= 4 is 23.5 Å². The van der Waals surface area contributed by atoms with Crippen LogP contribution >= 0.6 is 11.6 Å². The van der Waals surface area contributed by atoms with Gasteiger partial charge in [0.2, 0.25) is 0 Å². The van der Waals surface area contributed by atoms with Crippen LogP contribution in [0.4, 0.5) is 0 Å². The first-order valence-electron chi connectivity index (χ1n) is 5.41. The minimum absolute atomic E-state index is 0.0165. The summed E-state index contributed by atoms with van der Waals surface area (Å²) in [4.78, 5) is 23.0. The molecule has 1 N–H and O–H groups in total. The quantitative estimate of drug-likeness (QED) is 0.615. The molecule has 2 aliphatic carbocycles. The lowest BCUT2D eigenvalue weighted by Gasteiger charge is -2.22. The number of ether oxygens (including phenoxy) is 1. The van der Waals surface area contributed by atoms with E-state index in [0.29, 0.717) is 0 Å². The molecule has 0 amide bonds. The minimum Gasteiger partial charge on any atom is -0.481 e. The largest absolute Gasteiger partial charge is 0.481 e. The zero-order chi connectivity index (χ0) is 12.6. The van der Waals surface area contributed by atoms with E-state index in [1.54, 1.807) is 0 Å². The molecule has 4 atom stereocenters. The maximum atomic E-state index is 11.8. The molecule has 17 heavy (non-hydrogen) atoms. The molecule has 0 radical (unpaired) electrons.